The number of nitro groups is 1. The Morgan fingerprint density at radius 1 is 1.32 bits per heavy atom. The molecule has 2 rings (SSSR count). The van der Waals surface area contributed by atoms with E-state index in [0.717, 1.165) is 0 Å². The van der Waals surface area contributed by atoms with Crippen LogP contribution in [0, 0.1) is 17.0 Å². The lowest BCUT2D eigenvalue weighted by atomic mass is 10.2. The van der Waals surface area contributed by atoms with Crippen molar-refractivity contribution in [1.82, 2.24) is 4.98 Å². The molecule has 0 fully saturated rings. The summed E-state index contributed by atoms with van der Waals surface area (Å²) in [6, 6.07) is 5.84. The zero-order valence-corrected chi connectivity index (χ0v) is 10.1. The molecule has 19 heavy (non-hydrogen) atoms. The maximum Gasteiger partial charge on any atom is 0.269 e. The molecule has 0 unspecified atom stereocenters. The van der Waals surface area contributed by atoms with Crippen LogP contribution in [0.2, 0.25) is 0 Å². The molecule has 1 aromatic heterocycles. The van der Waals surface area contributed by atoms with Crippen LogP contribution in [0.25, 0.3) is 0 Å². The molecule has 1 heterocycles. The zero-order valence-electron chi connectivity index (χ0n) is 10.1. The molecule has 0 bridgehead atoms. The highest BCUT2D eigenvalue weighted by molar-refractivity contribution is 5.74. The minimum atomic E-state index is -0.467. The largest absolute Gasteiger partial charge is 0.455 e. The fourth-order valence-corrected chi connectivity index (χ4v) is 1.54. The molecule has 0 amide bonds. The molecule has 0 saturated carbocycles. The Morgan fingerprint density at radius 2 is 2.11 bits per heavy atom. The minimum absolute atomic E-state index is 0.00428. The first-order chi connectivity index (χ1) is 9.10. The molecule has 0 aliphatic carbocycles. The van der Waals surface area contributed by atoms with E-state index in [0.29, 0.717) is 28.9 Å². The summed E-state index contributed by atoms with van der Waals surface area (Å²) in [5.74, 6) is 0.886. The van der Waals surface area contributed by atoms with Gasteiger partial charge in [-0.1, -0.05) is 0 Å². The number of non-ortho nitro benzene ring substituents is 1. The van der Waals surface area contributed by atoms with Crippen LogP contribution in [-0.4, -0.2) is 16.2 Å². The van der Waals surface area contributed by atoms with E-state index < -0.39 is 4.92 Å². The van der Waals surface area contributed by atoms with Crippen molar-refractivity contribution in [1.29, 1.82) is 0 Å². The van der Waals surface area contributed by atoms with E-state index in [2.05, 4.69) is 4.98 Å². The summed E-state index contributed by atoms with van der Waals surface area (Å²) in [7, 11) is 0. The summed E-state index contributed by atoms with van der Waals surface area (Å²) < 4.78 is 5.54. The van der Waals surface area contributed by atoms with Crippen LogP contribution in [0.15, 0.2) is 36.7 Å². The molecule has 6 nitrogen and oxygen atoms in total. The van der Waals surface area contributed by atoms with E-state index >= 15 is 0 Å². The standard InChI is InChI=1S/C13H10N2O4/c1-9-4-11(15(17)18)2-3-13(9)19-12-5-10(8-16)6-14-7-12/h2-8H,1H3. The number of nitro benzene ring substituents is 1. The number of ether oxygens (including phenoxy) is 1. The van der Waals surface area contributed by atoms with Gasteiger partial charge in [0.1, 0.15) is 11.5 Å². The number of aryl methyl sites for hydroxylation is 1. The maximum absolute atomic E-state index is 10.6. The van der Waals surface area contributed by atoms with Crippen molar-refractivity contribution in [2.24, 2.45) is 0 Å². The van der Waals surface area contributed by atoms with Crippen molar-refractivity contribution in [2.75, 3.05) is 0 Å². The van der Waals surface area contributed by atoms with Crippen LogP contribution in [0.4, 0.5) is 5.69 Å². The van der Waals surface area contributed by atoms with Gasteiger partial charge in [0.25, 0.3) is 5.69 Å². The molecule has 0 spiro atoms. The minimum Gasteiger partial charge on any atom is -0.455 e. The monoisotopic (exact) mass is 258 g/mol. The zero-order chi connectivity index (χ0) is 13.8. The Balaban J connectivity index is 2.28. The van der Waals surface area contributed by atoms with Gasteiger partial charge in [-0.25, -0.2) is 0 Å². The van der Waals surface area contributed by atoms with Crippen molar-refractivity contribution in [3.63, 3.8) is 0 Å². The lowest BCUT2D eigenvalue weighted by Crippen LogP contribution is -1.93. The van der Waals surface area contributed by atoms with Crippen LogP contribution >= 0.6 is 0 Å². The molecular formula is C13H10N2O4. The van der Waals surface area contributed by atoms with Crippen LogP contribution < -0.4 is 4.74 Å². The lowest BCUT2D eigenvalue weighted by Gasteiger charge is -2.08. The van der Waals surface area contributed by atoms with E-state index in [4.69, 9.17) is 4.74 Å². The number of carbonyl (C=O) groups is 1. The quantitative estimate of drug-likeness (QED) is 0.478. The fraction of sp³-hybridized carbons (Fsp3) is 0.0769. The molecule has 0 aliphatic rings. The maximum atomic E-state index is 10.6. The van der Waals surface area contributed by atoms with Crippen LogP contribution in [0.1, 0.15) is 15.9 Å². The highest BCUT2D eigenvalue weighted by Crippen LogP contribution is 2.27. The van der Waals surface area contributed by atoms with Gasteiger partial charge in [-0.2, -0.15) is 0 Å². The van der Waals surface area contributed by atoms with Crippen LogP contribution in [0.5, 0.6) is 11.5 Å². The summed E-state index contributed by atoms with van der Waals surface area (Å²) in [5.41, 5.74) is 1.03. The van der Waals surface area contributed by atoms with Gasteiger partial charge in [-0.15, -0.1) is 0 Å². The topological polar surface area (TPSA) is 82.3 Å². The van der Waals surface area contributed by atoms with Gasteiger partial charge in [-0.3, -0.25) is 19.9 Å². The number of benzene rings is 1. The second-order valence-corrected chi connectivity index (χ2v) is 3.88. The molecule has 0 N–H and O–H groups in total. The number of hydrogen-bond acceptors (Lipinski definition) is 5. The second-order valence-electron chi connectivity index (χ2n) is 3.88. The summed E-state index contributed by atoms with van der Waals surface area (Å²) >= 11 is 0. The van der Waals surface area contributed by atoms with E-state index in [-0.39, 0.29) is 5.69 Å². The molecule has 1 aromatic carbocycles. The first-order valence-electron chi connectivity index (χ1n) is 5.43. The van der Waals surface area contributed by atoms with Crippen molar-refractivity contribution in [3.05, 3.63) is 57.9 Å². The lowest BCUT2D eigenvalue weighted by molar-refractivity contribution is -0.384. The highest BCUT2D eigenvalue weighted by atomic mass is 16.6. The smallest absolute Gasteiger partial charge is 0.269 e. The summed E-state index contributed by atoms with van der Waals surface area (Å²) in [6.07, 6.45) is 3.55. The fourth-order valence-electron chi connectivity index (χ4n) is 1.54. The van der Waals surface area contributed by atoms with Gasteiger partial charge < -0.3 is 4.74 Å². The van der Waals surface area contributed by atoms with Gasteiger partial charge >= 0.3 is 0 Å². The van der Waals surface area contributed by atoms with Crippen molar-refractivity contribution in [3.8, 4) is 11.5 Å². The number of pyridine rings is 1. The number of nitrogens with zero attached hydrogens (tertiary/aromatic N) is 2. The molecule has 6 heteroatoms. The van der Waals surface area contributed by atoms with Crippen LogP contribution in [0.3, 0.4) is 0 Å². The normalized spacial score (nSPS) is 9.95. The number of aromatic nitrogens is 1. The predicted molar refractivity (Wildman–Crippen MR) is 67.5 cm³/mol. The van der Waals surface area contributed by atoms with Crippen molar-refractivity contribution >= 4 is 12.0 Å². The predicted octanol–water partition coefficient (Wildman–Crippen LogP) is 2.90. The number of hydrogen-bond donors (Lipinski definition) is 0. The van der Waals surface area contributed by atoms with Crippen molar-refractivity contribution in [2.45, 2.75) is 6.92 Å². The van der Waals surface area contributed by atoms with Gasteiger partial charge in [0.2, 0.25) is 0 Å². The van der Waals surface area contributed by atoms with E-state index in [1.54, 1.807) is 13.0 Å². The summed E-state index contributed by atoms with van der Waals surface area (Å²) in [4.78, 5) is 24.6. The third-order valence-electron chi connectivity index (χ3n) is 2.47. The molecule has 2 aromatic rings. The average molecular weight is 258 g/mol. The molecule has 0 radical (unpaired) electrons. The number of aldehydes is 1. The highest BCUT2D eigenvalue weighted by Gasteiger charge is 2.09. The molecular weight excluding hydrogens is 248 g/mol. The molecule has 96 valence electrons. The first kappa shape index (κ1) is 12.7. The Bertz CT molecular complexity index is 640. The Labute approximate surface area is 108 Å². The number of rotatable bonds is 4. The van der Waals surface area contributed by atoms with Gasteiger partial charge in [0, 0.05) is 23.9 Å². The Kier molecular flexibility index (Phi) is 3.51. The third kappa shape index (κ3) is 2.92. The average Bonchev–Trinajstić information content (AvgIpc) is 2.41. The van der Waals surface area contributed by atoms with Crippen molar-refractivity contribution < 1.29 is 14.5 Å². The van der Waals surface area contributed by atoms with E-state index in [1.807, 2.05) is 0 Å². The second kappa shape index (κ2) is 5.26. The Hall–Kier alpha value is -2.76. The molecule has 0 atom stereocenters. The van der Waals surface area contributed by atoms with E-state index in [1.165, 1.54) is 30.6 Å². The number of carbonyl (C=O) groups excluding carboxylic acids is 1. The third-order valence-corrected chi connectivity index (χ3v) is 2.47. The van der Waals surface area contributed by atoms with Gasteiger partial charge in [0.15, 0.2) is 6.29 Å². The summed E-state index contributed by atoms with van der Waals surface area (Å²) in [6.45, 7) is 1.71. The summed E-state index contributed by atoms with van der Waals surface area (Å²) in [5, 5.41) is 10.6. The SMILES string of the molecule is Cc1cc([N+](=O)[O-])ccc1Oc1cncc(C=O)c1. The Morgan fingerprint density at radius 3 is 2.74 bits per heavy atom. The first-order valence-corrected chi connectivity index (χ1v) is 5.43. The molecule has 0 aliphatic heterocycles. The van der Waals surface area contributed by atoms with Crippen LogP contribution in [-0.2, 0) is 0 Å². The van der Waals surface area contributed by atoms with Gasteiger partial charge in [-0.05, 0) is 24.6 Å². The van der Waals surface area contributed by atoms with Gasteiger partial charge in [0.05, 0.1) is 11.1 Å². The van der Waals surface area contributed by atoms with E-state index in [9.17, 15) is 14.9 Å². The molecule has 0 saturated heterocycles.